The van der Waals surface area contributed by atoms with Crippen LogP contribution in [0.25, 0.3) is 0 Å². The molecule has 104 valence electrons. The lowest BCUT2D eigenvalue weighted by molar-refractivity contribution is -0.384. The quantitative estimate of drug-likeness (QED) is 0.466. The zero-order valence-electron chi connectivity index (χ0n) is 10.5. The first-order chi connectivity index (χ1) is 8.82. The molecule has 0 saturated heterocycles. The molecular weight excluding hydrogens is 293 g/mol. The lowest BCUT2D eigenvalue weighted by atomic mass is 10.1. The molecule has 0 saturated carbocycles. The molecule has 0 aliphatic heterocycles. The highest BCUT2D eigenvalue weighted by molar-refractivity contribution is 6.43. The Hall–Kier alpha value is -1.33. The van der Waals surface area contributed by atoms with Crippen LogP contribution in [0, 0.1) is 16.0 Å². The maximum atomic E-state index is 11.7. The highest BCUT2D eigenvalue weighted by atomic mass is 35.5. The van der Waals surface area contributed by atoms with Crippen molar-refractivity contribution in [3.05, 3.63) is 37.9 Å². The summed E-state index contributed by atoms with van der Waals surface area (Å²) in [6.07, 6.45) is 0.717. The van der Waals surface area contributed by atoms with E-state index in [1.807, 2.05) is 13.8 Å². The number of hydrogen-bond donors (Lipinski definition) is 0. The summed E-state index contributed by atoms with van der Waals surface area (Å²) >= 11 is 11.4. The molecule has 0 spiro atoms. The zero-order chi connectivity index (χ0) is 14.6. The average molecular weight is 306 g/mol. The highest BCUT2D eigenvalue weighted by Crippen LogP contribution is 2.33. The number of carbonyl (C=O) groups excluding carboxylic acids is 1. The Morgan fingerprint density at radius 1 is 1.42 bits per heavy atom. The molecule has 0 aliphatic carbocycles. The molecule has 0 bridgehead atoms. The molecular formula is C12H13Cl2NO4. The number of nitro groups is 1. The van der Waals surface area contributed by atoms with Crippen LogP contribution in [-0.4, -0.2) is 17.5 Å². The van der Waals surface area contributed by atoms with Gasteiger partial charge in [0, 0.05) is 6.07 Å². The summed E-state index contributed by atoms with van der Waals surface area (Å²) in [5.74, 6) is -0.252. The minimum Gasteiger partial charge on any atom is -0.462 e. The van der Waals surface area contributed by atoms with Crippen LogP contribution >= 0.6 is 23.2 Å². The van der Waals surface area contributed by atoms with Crippen molar-refractivity contribution < 1.29 is 14.5 Å². The third-order valence-corrected chi connectivity index (χ3v) is 3.16. The fourth-order valence-corrected chi connectivity index (χ4v) is 1.69. The molecule has 0 radical (unpaired) electrons. The number of rotatable bonds is 5. The Morgan fingerprint density at radius 3 is 2.58 bits per heavy atom. The van der Waals surface area contributed by atoms with Gasteiger partial charge in [0.05, 0.1) is 22.1 Å². The van der Waals surface area contributed by atoms with Crippen molar-refractivity contribution in [2.45, 2.75) is 20.3 Å². The summed E-state index contributed by atoms with van der Waals surface area (Å²) in [5.41, 5.74) is -0.394. The number of carbonyl (C=O) groups is 1. The van der Waals surface area contributed by atoms with Crippen LogP contribution in [0.5, 0.6) is 0 Å². The SMILES string of the molecule is CC(C)CCOC(=O)c1cc(Cl)c(Cl)c([N+](=O)[O-])c1. The molecule has 0 amide bonds. The fraction of sp³-hybridized carbons (Fsp3) is 0.417. The third-order valence-electron chi connectivity index (χ3n) is 2.37. The molecule has 1 aromatic carbocycles. The standard InChI is InChI=1S/C12H13Cl2NO4/c1-7(2)3-4-19-12(16)8-5-9(13)11(14)10(6-8)15(17)18/h5-7H,3-4H2,1-2H3. The Morgan fingerprint density at radius 2 is 2.05 bits per heavy atom. The molecule has 0 N–H and O–H groups in total. The molecule has 0 atom stereocenters. The summed E-state index contributed by atoms with van der Waals surface area (Å²) in [7, 11) is 0. The molecule has 0 aliphatic rings. The maximum Gasteiger partial charge on any atom is 0.338 e. The van der Waals surface area contributed by atoms with Gasteiger partial charge in [-0.15, -0.1) is 0 Å². The van der Waals surface area contributed by atoms with Gasteiger partial charge >= 0.3 is 5.97 Å². The van der Waals surface area contributed by atoms with Crippen LogP contribution in [0.4, 0.5) is 5.69 Å². The molecule has 0 heterocycles. The van der Waals surface area contributed by atoms with E-state index < -0.39 is 16.6 Å². The number of ether oxygens (including phenoxy) is 1. The van der Waals surface area contributed by atoms with E-state index in [2.05, 4.69) is 0 Å². The van der Waals surface area contributed by atoms with Crippen molar-refractivity contribution in [2.24, 2.45) is 5.92 Å². The normalized spacial score (nSPS) is 10.6. The largest absolute Gasteiger partial charge is 0.462 e. The van der Waals surface area contributed by atoms with E-state index in [-0.39, 0.29) is 22.2 Å². The van der Waals surface area contributed by atoms with Gasteiger partial charge in [-0.05, 0) is 18.4 Å². The van der Waals surface area contributed by atoms with Crippen LogP contribution < -0.4 is 0 Å². The average Bonchev–Trinajstić information content (AvgIpc) is 2.31. The number of halogens is 2. The second-order valence-corrected chi connectivity index (χ2v) is 5.15. The van der Waals surface area contributed by atoms with Crippen molar-refractivity contribution in [3.8, 4) is 0 Å². The summed E-state index contributed by atoms with van der Waals surface area (Å²) < 4.78 is 5.01. The molecule has 19 heavy (non-hydrogen) atoms. The van der Waals surface area contributed by atoms with Gasteiger partial charge in [0.1, 0.15) is 5.02 Å². The van der Waals surface area contributed by atoms with Crippen LogP contribution in [0.2, 0.25) is 10.0 Å². The first kappa shape index (κ1) is 15.7. The topological polar surface area (TPSA) is 69.4 Å². The molecule has 7 heteroatoms. The minimum atomic E-state index is -0.695. The summed E-state index contributed by atoms with van der Waals surface area (Å²) in [5, 5.41) is 10.5. The number of nitrogens with zero attached hydrogens (tertiary/aromatic N) is 1. The summed E-state index contributed by atoms with van der Waals surface area (Å²) in [6.45, 7) is 4.25. The van der Waals surface area contributed by atoms with E-state index in [1.54, 1.807) is 0 Å². The Bertz CT molecular complexity index is 503. The number of esters is 1. The lowest BCUT2D eigenvalue weighted by Crippen LogP contribution is -2.08. The molecule has 1 rings (SSSR count). The monoisotopic (exact) mass is 305 g/mol. The molecule has 0 unspecified atom stereocenters. The van der Waals surface area contributed by atoms with Gasteiger partial charge < -0.3 is 4.74 Å². The first-order valence-electron chi connectivity index (χ1n) is 5.63. The van der Waals surface area contributed by atoms with Gasteiger partial charge in [0.2, 0.25) is 0 Å². The zero-order valence-corrected chi connectivity index (χ0v) is 12.0. The van der Waals surface area contributed by atoms with Gasteiger partial charge in [-0.2, -0.15) is 0 Å². The Balaban J connectivity index is 2.89. The van der Waals surface area contributed by atoms with Crippen LogP contribution in [0.3, 0.4) is 0 Å². The van der Waals surface area contributed by atoms with Gasteiger partial charge in [0.25, 0.3) is 5.69 Å². The van der Waals surface area contributed by atoms with E-state index in [0.717, 1.165) is 12.5 Å². The van der Waals surface area contributed by atoms with E-state index in [9.17, 15) is 14.9 Å². The predicted octanol–water partition coefficient (Wildman–Crippen LogP) is 4.10. The number of hydrogen-bond acceptors (Lipinski definition) is 4. The highest BCUT2D eigenvalue weighted by Gasteiger charge is 2.20. The maximum absolute atomic E-state index is 11.7. The smallest absolute Gasteiger partial charge is 0.338 e. The predicted molar refractivity (Wildman–Crippen MR) is 72.9 cm³/mol. The van der Waals surface area contributed by atoms with E-state index in [0.29, 0.717) is 5.92 Å². The van der Waals surface area contributed by atoms with Crippen molar-refractivity contribution in [1.82, 2.24) is 0 Å². The van der Waals surface area contributed by atoms with Gasteiger partial charge in [-0.1, -0.05) is 37.0 Å². The van der Waals surface area contributed by atoms with Crippen molar-refractivity contribution >= 4 is 34.9 Å². The number of benzene rings is 1. The van der Waals surface area contributed by atoms with Crippen molar-refractivity contribution in [2.75, 3.05) is 6.61 Å². The lowest BCUT2D eigenvalue weighted by Gasteiger charge is -2.07. The van der Waals surface area contributed by atoms with Gasteiger partial charge in [-0.3, -0.25) is 10.1 Å². The van der Waals surface area contributed by atoms with Crippen molar-refractivity contribution in [3.63, 3.8) is 0 Å². The minimum absolute atomic E-state index is 0.0184. The van der Waals surface area contributed by atoms with E-state index in [1.165, 1.54) is 6.07 Å². The third kappa shape index (κ3) is 4.36. The summed E-state index contributed by atoms with van der Waals surface area (Å²) in [4.78, 5) is 21.8. The molecule has 5 nitrogen and oxygen atoms in total. The van der Waals surface area contributed by atoms with Crippen LogP contribution in [0.1, 0.15) is 30.6 Å². The van der Waals surface area contributed by atoms with E-state index >= 15 is 0 Å². The van der Waals surface area contributed by atoms with Crippen molar-refractivity contribution in [1.29, 1.82) is 0 Å². The van der Waals surface area contributed by atoms with Gasteiger partial charge in [-0.25, -0.2) is 4.79 Å². The Labute approximate surface area is 120 Å². The molecule has 0 aromatic heterocycles. The van der Waals surface area contributed by atoms with Crippen LogP contribution in [-0.2, 0) is 4.74 Å². The Kier molecular flexibility index (Phi) is 5.57. The second kappa shape index (κ2) is 6.73. The second-order valence-electron chi connectivity index (χ2n) is 4.37. The summed E-state index contributed by atoms with van der Waals surface area (Å²) in [6, 6.07) is 2.32. The fourth-order valence-electron chi connectivity index (χ4n) is 1.30. The number of nitro benzene ring substituents is 1. The van der Waals surface area contributed by atoms with Gasteiger partial charge in [0.15, 0.2) is 0 Å². The molecule has 0 fully saturated rings. The first-order valence-corrected chi connectivity index (χ1v) is 6.39. The van der Waals surface area contributed by atoms with Crippen LogP contribution in [0.15, 0.2) is 12.1 Å². The molecule has 1 aromatic rings. The van der Waals surface area contributed by atoms with E-state index in [4.69, 9.17) is 27.9 Å².